The monoisotopic (exact) mass is 252 g/mol. The predicted molar refractivity (Wildman–Crippen MR) is 76.9 cm³/mol. The summed E-state index contributed by atoms with van der Waals surface area (Å²) in [6.45, 7) is 9.21. The number of rotatable bonds is 7. The van der Waals surface area contributed by atoms with E-state index >= 15 is 0 Å². The normalized spacial score (nSPS) is 14.7. The van der Waals surface area contributed by atoms with Crippen molar-refractivity contribution in [2.75, 3.05) is 6.54 Å². The van der Waals surface area contributed by atoms with E-state index in [0.29, 0.717) is 25.3 Å². The Morgan fingerprint density at radius 3 is 2.44 bits per heavy atom. The second-order valence-electron chi connectivity index (χ2n) is 6.06. The molecule has 104 valence electrons. The van der Waals surface area contributed by atoms with Crippen molar-refractivity contribution in [2.24, 2.45) is 17.1 Å². The number of amides is 1. The molecule has 0 spiro atoms. The third kappa shape index (κ3) is 7.34. The first-order valence-electron chi connectivity index (χ1n) is 6.74. The highest BCUT2D eigenvalue weighted by Crippen LogP contribution is 2.31. The molecule has 3 heteroatoms. The Morgan fingerprint density at radius 1 is 1.39 bits per heavy atom. The Labute approximate surface area is 112 Å². The van der Waals surface area contributed by atoms with Crippen molar-refractivity contribution in [1.29, 1.82) is 0 Å². The van der Waals surface area contributed by atoms with Gasteiger partial charge < -0.3 is 11.1 Å². The van der Waals surface area contributed by atoms with E-state index in [2.05, 4.69) is 32.0 Å². The summed E-state index contributed by atoms with van der Waals surface area (Å²) in [5.41, 5.74) is 5.83. The van der Waals surface area contributed by atoms with Crippen LogP contribution in [-0.2, 0) is 4.79 Å². The second kappa shape index (κ2) is 8.16. The third-order valence-corrected chi connectivity index (χ3v) is 3.29. The minimum absolute atomic E-state index is 0.0603. The molecule has 0 aromatic heterocycles. The molecule has 3 nitrogen and oxygen atoms in total. The molecule has 0 aliphatic carbocycles. The molecule has 0 aliphatic heterocycles. The topological polar surface area (TPSA) is 55.1 Å². The van der Waals surface area contributed by atoms with E-state index in [1.54, 1.807) is 0 Å². The van der Waals surface area contributed by atoms with Crippen molar-refractivity contribution in [2.45, 2.75) is 59.4 Å². The number of hydrogen-bond acceptors (Lipinski definition) is 2. The van der Waals surface area contributed by atoms with Gasteiger partial charge in [0.15, 0.2) is 0 Å². The largest absolute Gasteiger partial charge is 0.353 e. The Bertz CT molecular complexity index is 286. The van der Waals surface area contributed by atoms with Gasteiger partial charge in [-0.15, -0.1) is 12.3 Å². The van der Waals surface area contributed by atoms with E-state index in [-0.39, 0.29) is 17.4 Å². The summed E-state index contributed by atoms with van der Waals surface area (Å²) in [6, 6.07) is 0.0603. The van der Waals surface area contributed by atoms with Crippen LogP contribution < -0.4 is 11.1 Å². The summed E-state index contributed by atoms with van der Waals surface area (Å²) in [5.74, 6) is 3.12. The molecule has 18 heavy (non-hydrogen) atoms. The van der Waals surface area contributed by atoms with Gasteiger partial charge in [-0.2, -0.15) is 0 Å². The molecule has 1 amide bonds. The lowest BCUT2D eigenvalue weighted by Crippen LogP contribution is -2.33. The van der Waals surface area contributed by atoms with Crippen LogP contribution in [0.3, 0.4) is 0 Å². The Kier molecular flexibility index (Phi) is 7.70. The predicted octanol–water partition coefficient (Wildman–Crippen LogP) is 2.31. The van der Waals surface area contributed by atoms with Gasteiger partial charge in [0, 0.05) is 18.9 Å². The zero-order valence-corrected chi connectivity index (χ0v) is 12.3. The van der Waals surface area contributed by atoms with Crippen molar-refractivity contribution in [3.8, 4) is 12.3 Å². The number of carbonyl (C=O) groups is 1. The lowest BCUT2D eigenvalue weighted by atomic mass is 9.76. The van der Waals surface area contributed by atoms with Gasteiger partial charge in [-0.25, -0.2) is 0 Å². The Morgan fingerprint density at radius 2 is 2.00 bits per heavy atom. The molecule has 0 saturated heterocycles. The molecule has 3 N–H and O–H groups in total. The molecule has 0 radical (unpaired) electrons. The highest BCUT2D eigenvalue weighted by molar-refractivity contribution is 5.76. The number of nitrogens with two attached hydrogens (primary N) is 1. The lowest BCUT2D eigenvalue weighted by Gasteiger charge is -2.30. The van der Waals surface area contributed by atoms with Crippen LogP contribution >= 0.6 is 0 Å². The first-order chi connectivity index (χ1) is 8.31. The van der Waals surface area contributed by atoms with E-state index in [0.717, 1.165) is 12.8 Å². The molecule has 0 heterocycles. The van der Waals surface area contributed by atoms with Gasteiger partial charge in [-0.05, 0) is 37.6 Å². The second-order valence-corrected chi connectivity index (χ2v) is 6.06. The number of carbonyl (C=O) groups excluding carboxylic acids is 1. The minimum Gasteiger partial charge on any atom is -0.353 e. The summed E-state index contributed by atoms with van der Waals surface area (Å²) in [6.07, 6.45) is 8.19. The number of terminal acetylenes is 1. The van der Waals surface area contributed by atoms with Crippen LogP contribution in [0, 0.1) is 23.7 Å². The molecular formula is C15H28N2O. The van der Waals surface area contributed by atoms with Crippen LogP contribution in [-0.4, -0.2) is 18.5 Å². The minimum atomic E-state index is 0.0603. The van der Waals surface area contributed by atoms with Crippen molar-refractivity contribution in [1.82, 2.24) is 5.32 Å². The van der Waals surface area contributed by atoms with Crippen LogP contribution in [0.2, 0.25) is 0 Å². The van der Waals surface area contributed by atoms with Gasteiger partial charge in [0.2, 0.25) is 5.91 Å². The van der Waals surface area contributed by atoms with Crippen LogP contribution in [0.4, 0.5) is 0 Å². The highest BCUT2D eigenvalue weighted by atomic mass is 16.1. The summed E-state index contributed by atoms with van der Waals surface area (Å²) >= 11 is 0. The fourth-order valence-corrected chi connectivity index (χ4v) is 2.09. The maximum atomic E-state index is 11.8. The van der Waals surface area contributed by atoms with E-state index < -0.39 is 0 Å². The van der Waals surface area contributed by atoms with E-state index in [9.17, 15) is 4.79 Å². The fraction of sp³-hybridized carbons (Fsp3) is 0.800. The van der Waals surface area contributed by atoms with Gasteiger partial charge in [0.1, 0.15) is 0 Å². The zero-order valence-electron chi connectivity index (χ0n) is 12.3. The maximum Gasteiger partial charge on any atom is 0.220 e. The van der Waals surface area contributed by atoms with Crippen LogP contribution in [0.5, 0.6) is 0 Å². The zero-order chi connectivity index (χ0) is 14.2. The molecular weight excluding hydrogens is 224 g/mol. The van der Waals surface area contributed by atoms with Crippen molar-refractivity contribution < 1.29 is 4.79 Å². The van der Waals surface area contributed by atoms with Crippen molar-refractivity contribution in [3.63, 3.8) is 0 Å². The van der Waals surface area contributed by atoms with Gasteiger partial charge in [-0.3, -0.25) is 4.79 Å². The molecule has 2 unspecified atom stereocenters. The van der Waals surface area contributed by atoms with E-state index in [1.165, 1.54) is 0 Å². The smallest absolute Gasteiger partial charge is 0.220 e. The van der Waals surface area contributed by atoms with Gasteiger partial charge >= 0.3 is 0 Å². The van der Waals surface area contributed by atoms with Crippen LogP contribution in [0.15, 0.2) is 0 Å². The average Bonchev–Trinajstić information content (AvgIpc) is 2.22. The van der Waals surface area contributed by atoms with Gasteiger partial charge in [0.05, 0.1) is 0 Å². The van der Waals surface area contributed by atoms with Crippen LogP contribution in [0.1, 0.15) is 53.4 Å². The molecule has 2 atom stereocenters. The Balaban J connectivity index is 4.12. The van der Waals surface area contributed by atoms with Crippen LogP contribution in [0.25, 0.3) is 0 Å². The standard InChI is InChI=1S/C15H28N2O/c1-6-7-12(2)17-14(18)9-8-13(10-11-16)15(3,4)5/h1,12-13H,7-11,16H2,2-5H3,(H,17,18). The quantitative estimate of drug-likeness (QED) is 0.683. The van der Waals surface area contributed by atoms with Crippen molar-refractivity contribution >= 4 is 5.91 Å². The molecule has 0 fully saturated rings. The lowest BCUT2D eigenvalue weighted by molar-refractivity contribution is -0.122. The third-order valence-electron chi connectivity index (χ3n) is 3.29. The van der Waals surface area contributed by atoms with Gasteiger partial charge in [-0.1, -0.05) is 20.8 Å². The fourth-order valence-electron chi connectivity index (χ4n) is 2.09. The highest BCUT2D eigenvalue weighted by Gasteiger charge is 2.24. The van der Waals surface area contributed by atoms with Gasteiger partial charge in [0.25, 0.3) is 0 Å². The Hall–Kier alpha value is -1.01. The SMILES string of the molecule is C#CCC(C)NC(=O)CCC(CCN)C(C)(C)C. The molecule has 0 aromatic rings. The molecule has 0 bridgehead atoms. The summed E-state index contributed by atoms with van der Waals surface area (Å²) < 4.78 is 0. The van der Waals surface area contributed by atoms with E-state index in [4.69, 9.17) is 12.2 Å². The molecule has 0 saturated carbocycles. The first-order valence-corrected chi connectivity index (χ1v) is 6.74. The molecule has 0 aliphatic rings. The van der Waals surface area contributed by atoms with E-state index in [1.807, 2.05) is 6.92 Å². The number of nitrogens with one attached hydrogen (secondary N) is 1. The first kappa shape index (κ1) is 17.0. The number of hydrogen-bond donors (Lipinski definition) is 2. The summed E-state index contributed by atoms with van der Waals surface area (Å²) in [7, 11) is 0. The van der Waals surface area contributed by atoms with Crippen molar-refractivity contribution in [3.05, 3.63) is 0 Å². The average molecular weight is 252 g/mol. The summed E-state index contributed by atoms with van der Waals surface area (Å²) in [5, 5.41) is 2.92. The summed E-state index contributed by atoms with van der Waals surface area (Å²) in [4.78, 5) is 11.8. The molecule has 0 rings (SSSR count). The molecule has 0 aromatic carbocycles. The maximum absolute atomic E-state index is 11.8.